The fraction of sp³-hybridized carbons (Fsp3) is 0.571. The highest BCUT2D eigenvalue weighted by Crippen LogP contribution is 2.33. The van der Waals surface area contributed by atoms with Crippen molar-refractivity contribution in [3.05, 3.63) is 35.4 Å². The van der Waals surface area contributed by atoms with Crippen molar-refractivity contribution in [2.45, 2.75) is 58.0 Å². The molecule has 1 aromatic carbocycles. The third-order valence-electron chi connectivity index (χ3n) is 5.26. The summed E-state index contributed by atoms with van der Waals surface area (Å²) < 4.78 is 0. The van der Waals surface area contributed by atoms with Crippen LogP contribution in [0.25, 0.3) is 0 Å². The highest BCUT2D eigenvalue weighted by Gasteiger charge is 2.27. The number of nitrogens with zero attached hydrogens (tertiary/aromatic N) is 1. The summed E-state index contributed by atoms with van der Waals surface area (Å²) in [7, 11) is 0. The zero-order valence-electron chi connectivity index (χ0n) is 15.2. The average Bonchev–Trinajstić information content (AvgIpc) is 2.62. The molecule has 0 aromatic heterocycles. The van der Waals surface area contributed by atoms with Crippen molar-refractivity contribution in [1.29, 1.82) is 5.41 Å². The predicted octanol–water partition coefficient (Wildman–Crippen LogP) is 4.10. The van der Waals surface area contributed by atoms with Crippen LogP contribution in [0.1, 0.15) is 61.4 Å². The normalized spacial score (nSPS) is 23.7. The third kappa shape index (κ3) is 6.20. The SMILES string of the molecule is CC1CCC(O)CC1CCC(=O)c1ccccc1CCC=NCC=N. The Bertz CT molecular complexity index is 597. The second-order valence-corrected chi connectivity index (χ2v) is 7.11. The van der Waals surface area contributed by atoms with Gasteiger partial charge in [0.1, 0.15) is 0 Å². The number of carbonyl (C=O) groups is 1. The van der Waals surface area contributed by atoms with Crippen LogP contribution in [0.2, 0.25) is 0 Å². The van der Waals surface area contributed by atoms with Gasteiger partial charge in [0, 0.05) is 18.2 Å². The highest BCUT2D eigenvalue weighted by atomic mass is 16.3. The minimum absolute atomic E-state index is 0.191. The van der Waals surface area contributed by atoms with E-state index in [0.717, 1.165) is 49.7 Å². The van der Waals surface area contributed by atoms with Crippen LogP contribution in [0.15, 0.2) is 29.3 Å². The number of hydrogen-bond donors (Lipinski definition) is 2. The molecule has 0 saturated heterocycles. The van der Waals surface area contributed by atoms with Crippen LogP contribution >= 0.6 is 0 Å². The van der Waals surface area contributed by atoms with E-state index in [4.69, 9.17) is 5.41 Å². The van der Waals surface area contributed by atoms with Gasteiger partial charge in [0.05, 0.1) is 12.6 Å². The van der Waals surface area contributed by atoms with Crippen molar-refractivity contribution >= 4 is 18.2 Å². The summed E-state index contributed by atoms with van der Waals surface area (Å²) in [6.07, 6.45) is 8.70. The fourth-order valence-electron chi connectivity index (χ4n) is 3.69. The van der Waals surface area contributed by atoms with Crippen molar-refractivity contribution < 1.29 is 9.90 Å². The highest BCUT2D eigenvalue weighted by molar-refractivity contribution is 5.97. The molecule has 4 heteroatoms. The Hall–Kier alpha value is -1.81. The molecule has 1 aliphatic rings. The number of aryl methyl sites for hydroxylation is 1. The number of aliphatic hydroxyl groups excluding tert-OH is 1. The maximum absolute atomic E-state index is 12.7. The topological polar surface area (TPSA) is 73.5 Å². The lowest BCUT2D eigenvalue weighted by Crippen LogP contribution is -2.26. The van der Waals surface area contributed by atoms with Crippen LogP contribution in [0, 0.1) is 17.2 Å². The molecule has 25 heavy (non-hydrogen) atoms. The summed E-state index contributed by atoms with van der Waals surface area (Å²) >= 11 is 0. The zero-order valence-corrected chi connectivity index (χ0v) is 15.2. The van der Waals surface area contributed by atoms with E-state index >= 15 is 0 Å². The van der Waals surface area contributed by atoms with Crippen molar-refractivity contribution in [3.8, 4) is 0 Å². The van der Waals surface area contributed by atoms with E-state index in [2.05, 4.69) is 11.9 Å². The first-order chi connectivity index (χ1) is 12.1. The van der Waals surface area contributed by atoms with Crippen LogP contribution in [0.5, 0.6) is 0 Å². The molecule has 0 aliphatic heterocycles. The van der Waals surface area contributed by atoms with E-state index in [1.165, 1.54) is 6.21 Å². The van der Waals surface area contributed by atoms with E-state index in [0.29, 0.717) is 24.8 Å². The Labute approximate surface area is 150 Å². The number of Topliss-reactive ketones (excluding diaryl/α,β-unsaturated/α-hetero) is 1. The number of aliphatic imine (C=N–C) groups is 1. The van der Waals surface area contributed by atoms with E-state index < -0.39 is 0 Å². The Morgan fingerprint density at radius 1 is 1.36 bits per heavy atom. The lowest BCUT2D eigenvalue weighted by molar-refractivity contribution is 0.0673. The van der Waals surface area contributed by atoms with Gasteiger partial charge in [-0.05, 0) is 62.1 Å². The molecule has 136 valence electrons. The second kappa shape index (κ2) is 10.2. The second-order valence-electron chi connectivity index (χ2n) is 7.11. The van der Waals surface area contributed by atoms with Gasteiger partial charge < -0.3 is 10.5 Å². The van der Waals surface area contributed by atoms with Crippen LogP contribution in [0.3, 0.4) is 0 Å². The Morgan fingerprint density at radius 2 is 2.16 bits per heavy atom. The number of ketones is 1. The largest absolute Gasteiger partial charge is 0.393 e. The minimum atomic E-state index is -0.191. The molecule has 0 spiro atoms. The number of carbonyl (C=O) groups excluding carboxylic acids is 1. The molecular formula is C21H30N2O2. The van der Waals surface area contributed by atoms with Crippen molar-refractivity contribution in [2.24, 2.45) is 16.8 Å². The minimum Gasteiger partial charge on any atom is -0.393 e. The van der Waals surface area contributed by atoms with Gasteiger partial charge in [0.2, 0.25) is 0 Å². The van der Waals surface area contributed by atoms with E-state index in [1.807, 2.05) is 30.5 Å². The van der Waals surface area contributed by atoms with E-state index in [9.17, 15) is 9.90 Å². The first-order valence-electron chi connectivity index (χ1n) is 9.38. The Balaban J connectivity index is 1.91. The van der Waals surface area contributed by atoms with Crippen molar-refractivity contribution in [1.82, 2.24) is 0 Å². The Morgan fingerprint density at radius 3 is 2.96 bits per heavy atom. The van der Waals surface area contributed by atoms with Gasteiger partial charge in [-0.15, -0.1) is 0 Å². The number of nitrogens with one attached hydrogen (secondary N) is 1. The predicted molar refractivity (Wildman–Crippen MR) is 103 cm³/mol. The lowest BCUT2D eigenvalue weighted by atomic mass is 9.76. The van der Waals surface area contributed by atoms with Crippen molar-refractivity contribution in [3.63, 3.8) is 0 Å². The molecule has 2 N–H and O–H groups in total. The molecule has 1 aromatic rings. The van der Waals surface area contributed by atoms with Gasteiger partial charge in [0.15, 0.2) is 5.78 Å². The van der Waals surface area contributed by atoms with Gasteiger partial charge >= 0.3 is 0 Å². The van der Waals surface area contributed by atoms with Crippen LogP contribution in [0.4, 0.5) is 0 Å². The first-order valence-corrected chi connectivity index (χ1v) is 9.38. The molecule has 0 bridgehead atoms. The monoisotopic (exact) mass is 342 g/mol. The number of rotatable bonds is 9. The van der Waals surface area contributed by atoms with Crippen LogP contribution < -0.4 is 0 Å². The summed E-state index contributed by atoms with van der Waals surface area (Å²) in [6, 6.07) is 7.84. The third-order valence-corrected chi connectivity index (χ3v) is 5.26. The summed E-state index contributed by atoms with van der Waals surface area (Å²) in [5, 5.41) is 16.8. The zero-order chi connectivity index (χ0) is 18.1. The van der Waals surface area contributed by atoms with E-state index in [1.54, 1.807) is 0 Å². The quantitative estimate of drug-likeness (QED) is 0.524. The van der Waals surface area contributed by atoms with Crippen LogP contribution in [-0.2, 0) is 6.42 Å². The summed E-state index contributed by atoms with van der Waals surface area (Å²) in [5.74, 6) is 1.25. The molecule has 1 saturated carbocycles. The smallest absolute Gasteiger partial charge is 0.163 e. The number of aliphatic hydroxyl groups is 1. The molecule has 2 rings (SSSR count). The molecular weight excluding hydrogens is 312 g/mol. The van der Waals surface area contributed by atoms with E-state index in [-0.39, 0.29) is 11.9 Å². The van der Waals surface area contributed by atoms with Gasteiger partial charge in [-0.25, -0.2) is 0 Å². The van der Waals surface area contributed by atoms with Gasteiger partial charge in [-0.3, -0.25) is 9.79 Å². The Kier molecular flexibility index (Phi) is 7.99. The summed E-state index contributed by atoms with van der Waals surface area (Å²) in [5.41, 5.74) is 1.90. The molecule has 3 atom stereocenters. The molecule has 1 aliphatic carbocycles. The molecule has 0 amide bonds. The number of benzene rings is 1. The summed E-state index contributed by atoms with van der Waals surface area (Å²) in [6.45, 7) is 2.66. The van der Waals surface area contributed by atoms with Gasteiger partial charge in [-0.2, -0.15) is 0 Å². The average molecular weight is 342 g/mol. The van der Waals surface area contributed by atoms with Gasteiger partial charge in [-0.1, -0.05) is 31.2 Å². The summed E-state index contributed by atoms with van der Waals surface area (Å²) in [4.78, 5) is 16.8. The molecule has 1 fully saturated rings. The standard InChI is InChI=1S/C21H30N2O2/c1-16-8-10-19(24)15-18(16)9-11-21(25)20-7-3-2-5-17(20)6-4-13-23-14-12-22/h2-3,5,7,12-13,16,18-19,22,24H,4,6,8-11,14-15H2,1H3. The number of hydrogen-bond acceptors (Lipinski definition) is 4. The molecule has 4 nitrogen and oxygen atoms in total. The van der Waals surface area contributed by atoms with Crippen molar-refractivity contribution in [2.75, 3.05) is 6.54 Å². The van der Waals surface area contributed by atoms with Gasteiger partial charge in [0.25, 0.3) is 0 Å². The molecule has 0 heterocycles. The van der Waals surface area contributed by atoms with Crippen LogP contribution in [-0.4, -0.2) is 36.0 Å². The molecule has 3 unspecified atom stereocenters. The molecule has 0 radical (unpaired) electrons. The maximum atomic E-state index is 12.7. The maximum Gasteiger partial charge on any atom is 0.163 e. The lowest BCUT2D eigenvalue weighted by Gasteiger charge is -2.31. The first kappa shape index (κ1) is 19.5. The fourth-order valence-corrected chi connectivity index (χ4v) is 3.69.